The lowest BCUT2D eigenvalue weighted by atomic mass is 9.99. The number of rotatable bonds is 6. The molecule has 0 aliphatic carbocycles. The molecular formula is C12H20BrIO3. The number of carbonyl (C=O) groups is 1. The highest BCUT2D eigenvalue weighted by Gasteiger charge is 2.28. The van der Waals surface area contributed by atoms with Gasteiger partial charge in [-0.15, -0.1) is 0 Å². The van der Waals surface area contributed by atoms with E-state index in [0.29, 0.717) is 16.4 Å². The Morgan fingerprint density at radius 2 is 2.35 bits per heavy atom. The third-order valence-electron chi connectivity index (χ3n) is 3.02. The minimum atomic E-state index is -0.166. The molecule has 1 unspecified atom stereocenters. The smallest absolute Gasteiger partial charge is 0.308 e. The summed E-state index contributed by atoms with van der Waals surface area (Å²) in [4.78, 5) is 11.2. The second-order valence-corrected chi connectivity index (χ2v) is 6.75. The van der Waals surface area contributed by atoms with Crippen LogP contribution in [0.4, 0.5) is 0 Å². The summed E-state index contributed by atoms with van der Waals surface area (Å²) in [5.74, 6) is -0.166. The van der Waals surface area contributed by atoms with Gasteiger partial charge in [0.05, 0.1) is 25.7 Å². The number of ether oxygens (including phenoxy) is 2. The Morgan fingerprint density at radius 1 is 1.59 bits per heavy atom. The van der Waals surface area contributed by atoms with Crippen molar-refractivity contribution in [1.82, 2.24) is 0 Å². The molecular weight excluding hydrogens is 399 g/mol. The molecule has 0 spiro atoms. The van der Waals surface area contributed by atoms with E-state index in [0.717, 1.165) is 24.6 Å². The first-order valence-electron chi connectivity index (χ1n) is 6.09. The van der Waals surface area contributed by atoms with Gasteiger partial charge in [-0.3, -0.25) is 4.79 Å². The zero-order valence-corrected chi connectivity index (χ0v) is 13.9. The topological polar surface area (TPSA) is 35.5 Å². The Bertz CT molecular complexity index is 238. The Labute approximate surface area is 125 Å². The van der Waals surface area contributed by atoms with Crippen LogP contribution in [0.2, 0.25) is 0 Å². The maximum absolute atomic E-state index is 11.2. The van der Waals surface area contributed by atoms with Gasteiger partial charge in [0.25, 0.3) is 0 Å². The Balaban J connectivity index is 2.34. The zero-order valence-electron chi connectivity index (χ0n) is 10.2. The Hall–Kier alpha value is 0.640. The van der Waals surface area contributed by atoms with E-state index >= 15 is 0 Å². The fourth-order valence-electron chi connectivity index (χ4n) is 2.07. The van der Waals surface area contributed by atoms with Crippen molar-refractivity contribution in [3.05, 3.63) is 0 Å². The van der Waals surface area contributed by atoms with Crippen molar-refractivity contribution >= 4 is 44.5 Å². The fourth-order valence-corrected chi connectivity index (χ4v) is 3.37. The van der Waals surface area contributed by atoms with Crippen LogP contribution in [0.3, 0.4) is 0 Å². The summed E-state index contributed by atoms with van der Waals surface area (Å²) >= 11 is 5.93. The standard InChI is InChI=1S/C12H20BrIO3/c1-16-12(15)8-9-4-2-6-11(17-9)10(14)5-3-7-13/h9-11H,2-8H2,1H3/t9-,10?,11+/m1/s1. The molecule has 0 amide bonds. The molecule has 0 bridgehead atoms. The Kier molecular flexibility index (Phi) is 8.03. The molecule has 3 nitrogen and oxygen atoms in total. The van der Waals surface area contributed by atoms with Gasteiger partial charge in [-0.2, -0.15) is 0 Å². The lowest BCUT2D eigenvalue weighted by molar-refractivity contribution is -0.146. The minimum absolute atomic E-state index is 0.0578. The van der Waals surface area contributed by atoms with Gasteiger partial charge in [0.2, 0.25) is 0 Å². The molecule has 1 aliphatic rings. The Morgan fingerprint density at radius 3 is 3.00 bits per heavy atom. The normalized spacial score (nSPS) is 26.5. The van der Waals surface area contributed by atoms with Crippen LogP contribution in [0, 0.1) is 0 Å². The van der Waals surface area contributed by atoms with Crippen LogP contribution in [-0.2, 0) is 14.3 Å². The summed E-state index contributed by atoms with van der Waals surface area (Å²) in [6, 6.07) is 0. The van der Waals surface area contributed by atoms with Crippen LogP contribution in [0.1, 0.15) is 38.5 Å². The molecule has 3 atom stereocenters. The molecule has 0 radical (unpaired) electrons. The lowest BCUT2D eigenvalue weighted by Crippen LogP contribution is -2.35. The molecule has 0 N–H and O–H groups in total. The maximum Gasteiger partial charge on any atom is 0.308 e. The van der Waals surface area contributed by atoms with Gasteiger partial charge in [0.1, 0.15) is 0 Å². The number of alkyl halides is 2. The molecule has 1 fully saturated rings. The largest absolute Gasteiger partial charge is 0.469 e. The number of halogens is 2. The van der Waals surface area contributed by atoms with Gasteiger partial charge >= 0.3 is 5.97 Å². The van der Waals surface area contributed by atoms with E-state index in [1.54, 1.807) is 0 Å². The number of carbonyl (C=O) groups excluding carboxylic acids is 1. The summed E-state index contributed by atoms with van der Waals surface area (Å²) < 4.78 is 11.2. The summed E-state index contributed by atoms with van der Waals surface area (Å²) in [7, 11) is 1.43. The van der Waals surface area contributed by atoms with Crippen molar-refractivity contribution in [2.24, 2.45) is 0 Å². The van der Waals surface area contributed by atoms with Crippen LogP contribution in [0.15, 0.2) is 0 Å². The molecule has 1 saturated heterocycles. The molecule has 0 aromatic carbocycles. The van der Waals surface area contributed by atoms with Gasteiger partial charge in [0.15, 0.2) is 0 Å². The molecule has 17 heavy (non-hydrogen) atoms. The number of esters is 1. The van der Waals surface area contributed by atoms with Gasteiger partial charge in [0, 0.05) is 9.25 Å². The van der Waals surface area contributed by atoms with E-state index in [1.165, 1.54) is 20.0 Å². The van der Waals surface area contributed by atoms with Crippen molar-refractivity contribution in [2.75, 3.05) is 12.4 Å². The predicted octanol–water partition coefficient (Wildman–Crippen LogP) is 3.47. The lowest BCUT2D eigenvalue weighted by Gasteiger charge is -2.32. The van der Waals surface area contributed by atoms with Gasteiger partial charge in [-0.05, 0) is 32.1 Å². The third kappa shape index (κ3) is 5.87. The summed E-state index contributed by atoms with van der Waals surface area (Å²) in [6.07, 6.45) is 6.35. The van der Waals surface area contributed by atoms with E-state index in [-0.39, 0.29) is 12.1 Å². The van der Waals surface area contributed by atoms with Crippen molar-refractivity contribution in [2.45, 2.75) is 54.7 Å². The van der Waals surface area contributed by atoms with E-state index in [9.17, 15) is 4.79 Å². The quantitative estimate of drug-likeness (QED) is 0.376. The van der Waals surface area contributed by atoms with E-state index < -0.39 is 0 Å². The van der Waals surface area contributed by atoms with E-state index in [2.05, 4.69) is 43.3 Å². The molecule has 100 valence electrons. The second-order valence-electron chi connectivity index (χ2n) is 4.35. The fraction of sp³-hybridized carbons (Fsp3) is 0.917. The minimum Gasteiger partial charge on any atom is -0.469 e. The van der Waals surface area contributed by atoms with Crippen LogP contribution < -0.4 is 0 Å². The van der Waals surface area contributed by atoms with Crippen LogP contribution in [0.5, 0.6) is 0 Å². The molecule has 0 saturated carbocycles. The summed E-state index contributed by atoms with van der Waals surface area (Å²) in [5, 5.41) is 1.05. The van der Waals surface area contributed by atoms with Crippen molar-refractivity contribution < 1.29 is 14.3 Å². The second kappa shape index (κ2) is 8.69. The molecule has 1 heterocycles. The average Bonchev–Trinajstić information content (AvgIpc) is 2.36. The summed E-state index contributed by atoms with van der Waals surface area (Å²) in [5.41, 5.74) is 0. The highest BCUT2D eigenvalue weighted by atomic mass is 127. The van der Waals surface area contributed by atoms with Gasteiger partial charge in [-0.1, -0.05) is 38.5 Å². The number of methoxy groups -OCH3 is 1. The van der Waals surface area contributed by atoms with Crippen LogP contribution in [-0.4, -0.2) is 34.5 Å². The third-order valence-corrected chi connectivity index (χ3v) is 5.01. The van der Waals surface area contributed by atoms with Crippen molar-refractivity contribution in [1.29, 1.82) is 0 Å². The molecule has 0 aromatic rings. The van der Waals surface area contributed by atoms with Crippen molar-refractivity contribution in [3.63, 3.8) is 0 Å². The zero-order chi connectivity index (χ0) is 12.7. The first-order chi connectivity index (χ1) is 8.17. The van der Waals surface area contributed by atoms with Crippen LogP contribution >= 0.6 is 38.5 Å². The first-order valence-corrected chi connectivity index (χ1v) is 8.46. The molecule has 0 aromatic heterocycles. The average molecular weight is 419 g/mol. The molecule has 5 heteroatoms. The maximum atomic E-state index is 11.2. The SMILES string of the molecule is COC(=O)C[C@H]1CCC[C@@H](C(I)CCCBr)O1. The highest BCUT2D eigenvalue weighted by molar-refractivity contribution is 14.1. The summed E-state index contributed by atoms with van der Waals surface area (Å²) in [6.45, 7) is 0. The van der Waals surface area contributed by atoms with Gasteiger partial charge < -0.3 is 9.47 Å². The molecule has 1 rings (SSSR count). The monoisotopic (exact) mass is 418 g/mol. The van der Waals surface area contributed by atoms with Crippen molar-refractivity contribution in [3.8, 4) is 0 Å². The van der Waals surface area contributed by atoms with Gasteiger partial charge in [-0.25, -0.2) is 0 Å². The number of hydrogen-bond donors (Lipinski definition) is 0. The van der Waals surface area contributed by atoms with E-state index in [4.69, 9.17) is 4.74 Å². The van der Waals surface area contributed by atoms with Crippen LogP contribution in [0.25, 0.3) is 0 Å². The highest BCUT2D eigenvalue weighted by Crippen LogP contribution is 2.29. The predicted molar refractivity (Wildman–Crippen MR) is 80.0 cm³/mol. The number of hydrogen-bond acceptors (Lipinski definition) is 3. The first kappa shape index (κ1) is 15.7. The molecule has 1 aliphatic heterocycles. The van der Waals surface area contributed by atoms with E-state index in [1.807, 2.05) is 0 Å².